The topological polar surface area (TPSA) is 106 Å². The molecule has 2 amide bonds. The van der Waals surface area contributed by atoms with Gasteiger partial charge in [0.25, 0.3) is 11.1 Å². The molecule has 7 nitrogen and oxygen atoms in total. The van der Waals surface area contributed by atoms with Crippen molar-refractivity contribution in [2.24, 2.45) is 0 Å². The van der Waals surface area contributed by atoms with E-state index in [1.165, 1.54) is 18.3 Å². The van der Waals surface area contributed by atoms with Gasteiger partial charge < -0.3 is 0 Å². The summed E-state index contributed by atoms with van der Waals surface area (Å²) < 4.78 is 22.5. The fourth-order valence-electron chi connectivity index (χ4n) is 1.17. The van der Waals surface area contributed by atoms with Crippen LogP contribution in [0.25, 0.3) is 6.08 Å². The lowest BCUT2D eigenvalue weighted by Gasteiger charge is -1.98. The zero-order valence-corrected chi connectivity index (χ0v) is 10.7. The zero-order valence-electron chi connectivity index (χ0n) is 9.08. The van der Waals surface area contributed by atoms with Crippen LogP contribution in [0.5, 0.6) is 0 Å². The lowest BCUT2D eigenvalue weighted by molar-refractivity contribution is -0.115. The van der Waals surface area contributed by atoms with Gasteiger partial charge >= 0.3 is 0 Å². The molecule has 1 aromatic rings. The van der Waals surface area contributed by atoms with Crippen molar-refractivity contribution in [2.45, 2.75) is 5.16 Å². The first-order valence-corrected chi connectivity index (χ1v) is 7.35. The Labute approximate surface area is 107 Å². The van der Waals surface area contributed by atoms with Gasteiger partial charge in [0.2, 0.25) is 15.0 Å². The molecule has 1 aliphatic heterocycles. The second kappa shape index (κ2) is 4.50. The number of nitrogens with zero attached hydrogens (tertiary/aromatic N) is 2. The summed E-state index contributed by atoms with van der Waals surface area (Å²) in [5.74, 6) is -0.524. The number of imide groups is 1. The molecule has 9 heteroatoms. The fraction of sp³-hybridized carbons (Fsp3) is 0.111. The number of hydrogen-bond donors (Lipinski definition) is 1. The minimum absolute atomic E-state index is 0.165. The number of thioether (sulfide) groups is 1. The summed E-state index contributed by atoms with van der Waals surface area (Å²) in [6.07, 6.45) is 3.59. The van der Waals surface area contributed by atoms with E-state index in [4.69, 9.17) is 0 Å². The molecule has 0 spiro atoms. The highest BCUT2D eigenvalue weighted by Crippen LogP contribution is 2.24. The highest BCUT2D eigenvalue weighted by Gasteiger charge is 2.25. The second-order valence-electron chi connectivity index (χ2n) is 3.39. The van der Waals surface area contributed by atoms with Gasteiger partial charge in [-0.25, -0.2) is 18.4 Å². The maximum atomic E-state index is 11.3. The third-order valence-electron chi connectivity index (χ3n) is 1.91. The minimum Gasteiger partial charge on any atom is -0.282 e. The summed E-state index contributed by atoms with van der Waals surface area (Å²) >= 11 is 0.734. The van der Waals surface area contributed by atoms with Crippen LogP contribution in [0.15, 0.2) is 22.3 Å². The Hall–Kier alpha value is -1.74. The predicted molar refractivity (Wildman–Crippen MR) is 64.2 cm³/mol. The van der Waals surface area contributed by atoms with Gasteiger partial charge in [-0.3, -0.25) is 14.9 Å². The molecule has 18 heavy (non-hydrogen) atoms. The molecule has 0 aliphatic carbocycles. The molecule has 1 fully saturated rings. The van der Waals surface area contributed by atoms with Crippen LogP contribution < -0.4 is 5.32 Å². The van der Waals surface area contributed by atoms with Gasteiger partial charge in [0.05, 0.1) is 10.6 Å². The minimum atomic E-state index is -3.51. The quantitative estimate of drug-likeness (QED) is 0.611. The molecular weight excluding hydrogens is 278 g/mol. The van der Waals surface area contributed by atoms with Gasteiger partial charge in [-0.05, 0) is 23.9 Å². The zero-order chi connectivity index (χ0) is 13.3. The monoisotopic (exact) mass is 285 g/mol. The van der Waals surface area contributed by atoms with Crippen molar-refractivity contribution in [2.75, 3.05) is 6.26 Å². The smallest absolute Gasteiger partial charge is 0.282 e. The Morgan fingerprint density at radius 1 is 1.39 bits per heavy atom. The standard InChI is InChI=1S/C9H7N3O4S2/c1-18(15,16)8-10-3-2-5(11-8)4-6-7(13)12-9(14)17-6/h2-4H,1H3,(H,12,13,14)/b6-4+. The maximum absolute atomic E-state index is 11.3. The number of sulfone groups is 1. The molecule has 0 saturated carbocycles. The van der Waals surface area contributed by atoms with Crippen LogP contribution in [-0.4, -0.2) is 35.8 Å². The number of carbonyl (C=O) groups is 2. The first-order valence-electron chi connectivity index (χ1n) is 4.64. The Balaban J connectivity index is 2.39. The molecule has 1 aliphatic rings. The van der Waals surface area contributed by atoms with Gasteiger partial charge in [0.1, 0.15) is 0 Å². The second-order valence-corrected chi connectivity index (χ2v) is 6.31. The number of carbonyl (C=O) groups excluding carboxylic acids is 2. The SMILES string of the molecule is CS(=O)(=O)c1nccc(/C=C2/SC(=O)NC2=O)n1. The molecule has 0 bridgehead atoms. The molecule has 1 N–H and O–H groups in total. The van der Waals surface area contributed by atoms with Crippen molar-refractivity contribution in [3.8, 4) is 0 Å². The van der Waals surface area contributed by atoms with Crippen molar-refractivity contribution in [3.63, 3.8) is 0 Å². The van der Waals surface area contributed by atoms with Crippen molar-refractivity contribution < 1.29 is 18.0 Å². The van der Waals surface area contributed by atoms with E-state index in [1.807, 2.05) is 0 Å². The Bertz CT molecular complexity index is 666. The summed E-state index contributed by atoms with van der Waals surface area (Å²) in [5.41, 5.74) is 0.248. The molecule has 0 radical (unpaired) electrons. The van der Waals surface area contributed by atoms with E-state index in [1.54, 1.807) is 0 Å². The predicted octanol–water partition coefficient (Wildman–Crippen LogP) is 0.204. The molecule has 0 atom stereocenters. The number of nitrogens with one attached hydrogen (secondary N) is 1. The Kier molecular flexibility index (Phi) is 3.18. The van der Waals surface area contributed by atoms with Crippen molar-refractivity contribution in [1.29, 1.82) is 0 Å². The van der Waals surface area contributed by atoms with Gasteiger partial charge in [0.15, 0.2) is 0 Å². The van der Waals surface area contributed by atoms with E-state index in [0.717, 1.165) is 18.0 Å². The Morgan fingerprint density at radius 2 is 2.11 bits per heavy atom. The molecule has 0 unspecified atom stereocenters. The van der Waals surface area contributed by atoms with Crippen LogP contribution in [0, 0.1) is 0 Å². The first kappa shape index (κ1) is 12.7. The van der Waals surface area contributed by atoms with Gasteiger partial charge in [-0.2, -0.15) is 0 Å². The molecule has 1 aromatic heterocycles. The molecule has 2 heterocycles. The van der Waals surface area contributed by atoms with E-state index < -0.39 is 21.0 Å². The van der Waals surface area contributed by atoms with Crippen LogP contribution in [0.3, 0.4) is 0 Å². The van der Waals surface area contributed by atoms with Crippen LogP contribution in [0.4, 0.5) is 4.79 Å². The van der Waals surface area contributed by atoms with Crippen LogP contribution in [0.2, 0.25) is 0 Å². The van der Waals surface area contributed by atoms with Crippen molar-refractivity contribution >= 4 is 38.8 Å². The van der Waals surface area contributed by atoms with E-state index in [9.17, 15) is 18.0 Å². The van der Waals surface area contributed by atoms with E-state index >= 15 is 0 Å². The summed E-state index contributed by atoms with van der Waals surface area (Å²) in [6, 6.07) is 1.44. The van der Waals surface area contributed by atoms with Crippen LogP contribution in [0.1, 0.15) is 5.69 Å². The molecule has 94 valence electrons. The van der Waals surface area contributed by atoms with Gasteiger partial charge in [0, 0.05) is 12.5 Å². The largest absolute Gasteiger partial charge is 0.290 e. The highest BCUT2D eigenvalue weighted by atomic mass is 32.2. The highest BCUT2D eigenvalue weighted by molar-refractivity contribution is 8.18. The van der Waals surface area contributed by atoms with Crippen LogP contribution in [-0.2, 0) is 14.6 Å². The molecular formula is C9H7N3O4S2. The third-order valence-corrected chi connectivity index (χ3v) is 3.58. The molecule has 2 rings (SSSR count). The summed E-state index contributed by atoms with van der Waals surface area (Å²) in [5, 5.41) is 1.29. The number of hydrogen-bond acceptors (Lipinski definition) is 7. The van der Waals surface area contributed by atoms with E-state index in [-0.39, 0.29) is 15.8 Å². The normalized spacial score (nSPS) is 18.2. The molecule has 1 saturated heterocycles. The van der Waals surface area contributed by atoms with E-state index in [0.29, 0.717) is 0 Å². The average molecular weight is 285 g/mol. The number of rotatable bonds is 2. The Morgan fingerprint density at radius 3 is 2.67 bits per heavy atom. The summed E-state index contributed by atoms with van der Waals surface area (Å²) in [7, 11) is -3.51. The lowest BCUT2D eigenvalue weighted by atomic mass is 10.3. The van der Waals surface area contributed by atoms with Crippen molar-refractivity contribution in [1.82, 2.24) is 15.3 Å². The first-order chi connectivity index (χ1) is 8.36. The maximum Gasteiger partial charge on any atom is 0.290 e. The fourth-order valence-corrected chi connectivity index (χ4v) is 2.36. The third kappa shape index (κ3) is 2.74. The average Bonchev–Trinajstić information content (AvgIpc) is 2.56. The van der Waals surface area contributed by atoms with Gasteiger partial charge in [-0.15, -0.1) is 0 Å². The summed E-state index contributed by atoms with van der Waals surface area (Å²) in [4.78, 5) is 29.8. The van der Waals surface area contributed by atoms with Crippen LogP contribution >= 0.6 is 11.8 Å². The van der Waals surface area contributed by atoms with Crippen molar-refractivity contribution in [3.05, 3.63) is 22.9 Å². The van der Waals surface area contributed by atoms with Gasteiger partial charge in [-0.1, -0.05) is 0 Å². The van der Waals surface area contributed by atoms with E-state index in [2.05, 4.69) is 15.3 Å². The summed E-state index contributed by atoms with van der Waals surface area (Å²) in [6.45, 7) is 0. The molecule has 0 aromatic carbocycles. The number of aromatic nitrogens is 2. The number of amides is 2. The lowest BCUT2D eigenvalue weighted by Crippen LogP contribution is -2.17.